The van der Waals surface area contributed by atoms with E-state index in [0.29, 0.717) is 11.3 Å². The van der Waals surface area contributed by atoms with Gasteiger partial charge in [-0.2, -0.15) is 5.10 Å². The molecule has 2 aromatic carbocycles. The molecule has 5 nitrogen and oxygen atoms in total. The second-order valence-electron chi connectivity index (χ2n) is 4.69. The van der Waals surface area contributed by atoms with Crippen LogP contribution in [0.5, 0.6) is 0 Å². The Hall–Kier alpha value is -2.95. The van der Waals surface area contributed by atoms with Gasteiger partial charge in [-0.1, -0.05) is 30.3 Å². The number of aromatic nitrogens is 2. The van der Waals surface area contributed by atoms with Gasteiger partial charge in [-0.3, -0.25) is 14.7 Å². The van der Waals surface area contributed by atoms with E-state index < -0.39 is 0 Å². The monoisotopic (exact) mass is 279 g/mol. The Morgan fingerprint density at radius 2 is 1.90 bits per heavy atom. The van der Waals surface area contributed by atoms with Crippen molar-refractivity contribution in [2.45, 2.75) is 6.42 Å². The highest BCUT2D eigenvalue weighted by Gasteiger charge is 2.11. The second kappa shape index (κ2) is 5.58. The average Bonchev–Trinajstić information content (AvgIpc) is 2.95. The number of hydrogen-bond acceptors (Lipinski definition) is 3. The van der Waals surface area contributed by atoms with Crippen LogP contribution < -0.4 is 5.32 Å². The van der Waals surface area contributed by atoms with Gasteiger partial charge in [-0.05, 0) is 18.2 Å². The van der Waals surface area contributed by atoms with Crippen molar-refractivity contribution in [1.29, 1.82) is 0 Å². The molecule has 2 N–H and O–H groups in total. The number of anilines is 1. The fourth-order valence-electron chi connectivity index (χ4n) is 2.10. The van der Waals surface area contributed by atoms with Crippen molar-refractivity contribution in [1.82, 2.24) is 10.2 Å². The van der Waals surface area contributed by atoms with Crippen LogP contribution in [0.15, 0.2) is 54.7 Å². The van der Waals surface area contributed by atoms with E-state index in [2.05, 4.69) is 15.5 Å². The van der Waals surface area contributed by atoms with Crippen LogP contribution in [-0.2, 0) is 4.79 Å². The average molecular weight is 279 g/mol. The number of nitrogens with zero attached hydrogens (tertiary/aromatic N) is 1. The molecule has 0 radical (unpaired) electrons. The van der Waals surface area contributed by atoms with Crippen LogP contribution in [0.25, 0.3) is 10.9 Å². The summed E-state index contributed by atoms with van der Waals surface area (Å²) in [6.45, 7) is 0. The third-order valence-electron chi connectivity index (χ3n) is 3.14. The molecule has 0 spiro atoms. The van der Waals surface area contributed by atoms with Gasteiger partial charge in [0.15, 0.2) is 5.78 Å². The van der Waals surface area contributed by atoms with Crippen molar-refractivity contribution in [2.75, 3.05) is 5.32 Å². The Labute approximate surface area is 121 Å². The molecule has 0 unspecified atom stereocenters. The molecule has 0 bridgehead atoms. The fourth-order valence-corrected chi connectivity index (χ4v) is 2.10. The first kappa shape index (κ1) is 13.1. The maximum absolute atomic E-state index is 11.9. The Morgan fingerprint density at radius 1 is 1.10 bits per heavy atom. The number of H-pyrrole nitrogens is 1. The molecule has 3 rings (SSSR count). The normalized spacial score (nSPS) is 10.5. The minimum absolute atomic E-state index is 0.173. The highest BCUT2D eigenvalue weighted by atomic mass is 16.2. The number of Topliss-reactive ketones (excluding diaryl/α,β-unsaturated/α-hetero) is 1. The summed E-state index contributed by atoms with van der Waals surface area (Å²) >= 11 is 0. The lowest BCUT2D eigenvalue weighted by Gasteiger charge is -2.05. The van der Waals surface area contributed by atoms with E-state index >= 15 is 0 Å². The first-order valence-electron chi connectivity index (χ1n) is 6.53. The summed E-state index contributed by atoms with van der Waals surface area (Å²) in [5.41, 5.74) is 2.08. The molecule has 1 aromatic heterocycles. The van der Waals surface area contributed by atoms with Crippen LogP contribution in [-0.4, -0.2) is 21.9 Å². The Morgan fingerprint density at radius 3 is 2.71 bits per heavy atom. The number of aromatic amines is 1. The maximum atomic E-state index is 11.9. The van der Waals surface area contributed by atoms with E-state index in [4.69, 9.17) is 0 Å². The van der Waals surface area contributed by atoms with Gasteiger partial charge in [0.05, 0.1) is 18.1 Å². The summed E-state index contributed by atoms with van der Waals surface area (Å²) in [7, 11) is 0. The highest BCUT2D eigenvalue weighted by Crippen LogP contribution is 2.17. The zero-order chi connectivity index (χ0) is 14.7. The van der Waals surface area contributed by atoms with E-state index in [1.165, 1.54) is 0 Å². The lowest BCUT2D eigenvalue weighted by Crippen LogP contribution is -2.16. The molecule has 0 aliphatic heterocycles. The Kier molecular flexibility index (Phi) is 3.47. The summed E-state index contributed by atoms with van der Waals surface area (Å²) < 4.78 is 0. The predicted octanol–water partition coefficient (Wildman–Crippen LogP) is 2.77. The van der Waals surface area contributed by atoms with Crippen molar-refractivity contribution in [3.8, 4) is 0 Å². The van der Waals surface area contributed by atoms with Crippen molar-refractivity contribution in [2.24, 2.45) is 0 Å². The maximum Gasteiger partial charge on any atom is 0.232 e. The smallest absolute Gasteiger partial charge is 0.232 e. The molecular weight excluding hydrogens is 266 g/mol. The topological polar surface area (TPSA) is 74.8 Å². The van der Waals surface area contributed by atoms with Gasteiger partial charge in [0.25, 0.3) is 0 Å². The number of ketones is 1. The van der Waals surface area contributed by atoms with Crippen molar-refractivity contribution < 1.29 is 9.59 Å². The number of carbonyl (C=O) groups excluding carboxylic acids is 2. The molecule has 0 saturated carbocycles. The van der Waals surface area contributed by atoms with E-state index in [0.717, 1.165) is 10.9 Å². The lowest BCUT2D eigenvalue weighted by molar-refractivity contribution is -0.115. The largest absolute Gasteiger partial charge is 0.326 e. The second-order valence-corrected chi connectivity index (χ2v) is 4.69. The third kappa shape index (κ3) is 2.97. The Balaban J connectivity index is 1.67. The number of hydrogen-bond donors (Lipinski definition) is 2. The summed E-state index contributed by atoms with van der Waals surface area (Å²) in [5, 5.41) is 10.4. The molecule has 0 fully saturated rings. The standard InChI is InChI=1S/C16H13N3O2/c20-15(11-4-2-1-3-5-11)9-16(21)18-13-6-7-14-12(8-13)10-17-19-14/h1-8,10H,9H2,(H,17,19)(H,18,21). The molecule has 0 aliphatic carbocycles. The van der Waals surface area contributed by atoms with Crippen LogP contribution in [0.2, 0.25) is 0 Å². The quantitative estimate of drug-likeness (QED) is 0.569. The van der Waals surface area contributed by atoms with E-state index in [1.54, 1.807) is 36.5 Å². The summed E-state index contributed by atoms with van der Waals surface area (Å²) in [5.74, 6) is -0.524. The Bertz CT molecular complexity index is 793. The van der Waals surface area contributed by atoms with Crippen LogP contribution in [0.1, 0.15) is 16.8 Å². The number of amides is 1. The molecule has 0 atom stereocenters. The SMILES string of the molecule is O=C(CC(=O)c1ccccc1)Nc1ccc2[nH]ncc2c1. The van der Waals surface area contributed by atoms with Crippen molar-refractivity contribution >= 4 is 28.3 Å². The minimum atomic E-state index is -0.327. The van der Waals surface area contributed by atoms with Gasteiger partial charge in [0.1, 0.15) is 0 Å². The summed E-state index contributed by atoms with van der Waals surface area (Å²) in [6.07, 6.45) is 1.51. The first-order chi connectivity index (χ1) is 10.2. The zero-order valence-electron chi connectivity index (χ0n) is 11.2. The number of nitrogens with one attached hydrogen (secondary N) is 2. The van der Waals surface area contributed by atoms with Gasteiger partial charge >= 0.3 is 0 Å². The van der Waals surface area contributed by atoms with E-state index in [9.17, 15) is 9.59 Å². The summed E-state index contributed by atoms with van der Waals surface area (Å²) in [6, 6.07) is 14.2. The third-order valence-corrected chi connectivity index (χ3v) is 3.14. The molecule has 5 heteroatoms. The zero-order valence-corrected chi connectivity index (χ0v) is 11.2. The molecule has 1 heterocycles. The number of benzene rings is 2. The highest BCUT2D eigenvalue weighted by molar-refractivity contribution is 6.11. The van der Waals surface area contributed by atoms with Gasteiger partial charge in [-0.25, -0.2) is 0 Å². The fraction of sp³-hybridized carbons (Fsp3) is 0.0625. The van der Waals surface area contributed by atoms with Gasteiger partial charge in [0, 0.05) is 16.6 Å². The van der Waals surface area contributed by atoms with Gasteiger partial charge in [0.2, 0.25) is 5.91 Å². The van der Waals surface area contributed by atoms with Crippen molar-refractivity contribution in [3.63, 3.8) is 0 Å². The molecule has 21 heavy (non-hydrogen) atoms. The molecule has 3 aromatic rings. The van der Waals surface area contributed by atoms with Crippen LogP contribution in [0, 0.1) is 0 Å². The number of rotatable bonds is 4. The van der Waals surface area contributed by atoms with Crippen LogP contribution in [0.3, 0.4) is 0 Å². The van der Waals surface area contributed by atoms with Crippen molar-refractivity contribution in [3.05, 3.63) is 60.3 Å². The van der Waals surface area contributed by atoms with Crippen LogP contribution in [0.4, 0.5) is 5.69 Å². The molecule has 0 saturated heterocycles. The summed E-state index contributed by atoms with van der Waals surface area (Å²) in [4.78, 5) is 23.9. The molecule has 0 aliphatic rings. The van der Waals surface area contributed by atoms with E-state index in [-0.39, 0.29) is 18.1 Å². The van der Waals surface area contributed by atoms with E-state index in [1.807, 2.05) is 18.2 Å². The minimum Gasteiger partial charge on any atom is -0.326 e. The number of carbonyl (C=O) groups is 2. The first-order valence-corrected chi connectivity index (χ1v) is 6.53. The predicted molar refractivity (Wildman–Crippen MR) is 80.1 cm³/mol. The van der Waals surface area contributed by atoms with Crippen LogP contribution >= 0.6 is 0 Å². The molecular formula is C16H13N3O2. The number of fused-ring (bicyclic) bond motifs is 1. The molecule has 1 amide bonds. The lowest BCUT2D eigenvalue weighted by atomic mass is 10.1. The van der Waals surface area contributed by atoms with Gasteiger partial charge < -0.3 is 5.32 Å². The van der Waals surface area contributed by atoms with Gasteiger partial charge in [-0.15, -0.1) is 0 Å². The molecule has 104 valence electrons.